The predicted molar refractivity (Wildman–Crippen MR) is 75.9 cm³/mol. The highest BCUT2D eigenvalue weighted by Crippen LogP contribution is 2.25. The smallest absolute Gasteiger partial charge is 0.0298 e. The lowest BCUT2D eigenvalue weighted by Crippen LogP contribution is -2.39. The first-order chi connectivity index (χ1) is 8.22. The van der Waals surface area contributed by atoms with Crippen LogP contribution in [0.4, 0.5) is 0 Å². The molecule has 1 atom stereocenters. The van der Waals surface area contributed by atoms with Gasteiger partial charge in [0.2, 0.25) is 0 Å². The van der Waals surface area contributed by atoms with Crippen molar-refractivity contribution >= 4 is 0 Å². The van der Waals surface area contributed by atoms with Crippen molar-refractivity contribution in [3.05, 3.63) is 36.6 Å². The van der Waals surface area contributed by atoms with E-state index in [1.807, 2.05) is 31.2 Å². The third-order valence-corrected chi connectivity index (χ3v) is 3.22. The van der Waals surface area contributed by atoms with Crippen LogP contribution < -0.4 is 10.6 Å². The first-order valence-corrected chi connectivity index (χ1v) is 6.68. The number of rotatable bonds is 8. The zero-order chi connectivity index (χ0) is 12.5. The summed E-state index contributed by atoms with van der Waals surface area (Å²) in [6.45, 7) is 10.3. The van der Waals surface area contributed by atoms with Crippen LogP contribution in [0.25, 0.3) is 0 Å². The average Bonchev–Trinajstić information content (AvgIpc) is 2.24. The summed E-state index contributed by atoms with van der Waals surface area (Å²) in [7, 11) is 0. The average molecular weight is 234 g/mol. The molecule has 0 radical (unpaired) electrons. The Morgan fingerprint density at radius 3 is 2.76 bits per heavy atom. The molecule has 0 aromatic rings. The van der Waals surface area contributed by atoms with E-state index in [0.717, 1.165) is 18.2 Å². The molecular weight excluding hydrogens is 208 g/mol. The van der Waals surface area contributed by atoms with Crippen LogP contribution in [-0.2, 0) is 0 Å². The SMILES string of the molecule is C=C(/C=C\C=C/C)NCC(C)NCC1CCC1. The molecule has 1 unspecified atom stereocenters. The Morgan fingerprint density at radius 1 is 1.41 bits per heavy atom. The van der Waals surface area contributed by atoms with Crippen LogP contribution >= 0.6 is 0 Å². The molecular formula is C15H26N2. The van der Waals surface area contributed by atoms with Crippen molar-refractivity contribution in [3.63, 3.8) is 0 Å². The Morgan fingerprint density at radius 2 is 2.18 bits per heavy atom. The number of allylic oxidation sites excluding steroid dienone is 4. The van der Waals surface area contributed by atoms with E-state index in [0.29, 0.717) is 6.04 Å². The topological polar surface area (TPSA) is 24.1 Å². The van der Waals surface area contributed by atoms with Crippen molar-refractivity contribution in [1.82, 2.24) is 10.6 Å². The van der Waals surface area contributed by atoms with Gasteiger partial charge >= 0.3 is 0 Å². The molecule has 1 rings (SSSR count). The molecule has 2 heteroatoms. The second kappa shape index (κ2) is 8.13. The monoisotopic (exact) mass is 234 g/mol. The minimum absolute atomic E-state index is 0.502. The molecule has 0 bridgehead atoms. The van der Waals surface area contributed by atoms with Crippen molar-refractivity contribution < 1.29 is 0 Å². The van der Waals surface area contributed by atoms with Gasteiger partial charge in [-0.05, 0) is 45.2 Å². The van der Waals surface area contributed by atoms with Gasteiger partial charge in [0.05, 0.1) is 0 Å². The van der Waals surface area contributed by atoms with E-state index in [2.05, 4.69) is 24.1 Å². The van der Waals surface area contributed by atoms with E-state index < -0.39 is 0 Å². The number of nitrogens with one attached hydrogen (secondary N) is 2. The minimum Gasteiger partial charge on any atom is -0.384 e. The molecule has 2 N–H and O–H groups in total. The third-order valence-electron chi connectivity index (χ3n) is 3.22. The van der Waals surface area contributed by atoms with Gasteiger partial charge in [-0.25, -0.2) is 0 Å². The van der Waals surface area contributed by atoms with Crippen LogP contribution in [0.2, 0.25) is 0 Å². The summed E-state index contributed by atoms with van der Waals surface area (Å²) in [4.78, 5) is 0. The van der Waals surface area contributed by atoms with Crippen molar-refractivity contribution in [1.29, 1.82) is 0 Å². The lowest BCUT2D eigenvalue weighted by molar-refractivity contribution is 0.291. The predicted octanol–water partition coefficient (Wildman–Crippen LogP) is 3.00. The molecule has 0 aliphatic heterocycles. The van der Waals surface area contributed by atoms with E-state index in [-0.39, 0.29) is 0 Å². The summed E-state index contributed by atoms with van der Waals surface area (Å²) in [5.41, 5.74) is 0.973. The lowest BCUT2D eigenvalue weighted by atomic mass is 9.85. The largest absolute Gasteiger partial charge is 0.384 e. The van der Waals surface area contributed by atoms with Crippen LogP contribution in [-0.4, -0.2) is 19.1 Å². The van der Waals surface area contributed by atoms with Crippen LogP contribution in [0.15, 0.2) is 36.6 Å². The highest BCUT2D eigenvalue weighted by Gasteiger charge is 2.17. The van der Waals surface area contributed by atoms with E-state index in [1.54, 1.807) is 0 Å². The Kier molecular flexibility index (Phi) is 6.71. The minimum atomic E-state index is 0.502. The molecule has 96 valence electrons. The van der Waals surface area contributed by atoms with Gasteiger partial charge in [-0.2, -0.15) is 0 Å². The van der Waals surface area contributed by atoms with Crippen LogP contribution in [0.3, 0.4) is 0 Å². The van der Waals surface area contributed by atoms with Crippen LogP contribution in [0.1, 0.15) is 33.1 Å². The first kappa shape index (κ1) is 14.0. The van der Waals surface area contributed by atoms with Gasteiger partial charge < -0.3 is 10.6 Å². The number of hydrogen-bond donors (Lipinski definition) is 2. The fourth-order valence-corrected chi connectivity index (χ4v) is 1.76. The van der Waals surface area contributed by atoms with Gasteiger partial charge in [-0.1, -0.05) is 31.2 Å². The Balaban J connectivity index is 2.05. The highest BCUT2D eigenvalue weighted by molar-refractivity contribution is 5.17. The van der Waals surface area contributed by atoms with Gasteiger partial charge in [0.15, 0.2) is 0 Å². The molecule has 2 nitrogen and oxygen atoms in total. The second-order valence-corrected chi connectivity index (χ2v) is 4.90. The molecule has 0 saturated heterocycles. The van der Waals surface area contributed by atoms with Crippen molar-refractivity contribution in [2.75, 3.05) is 13.1 Å². The molecule has 1 fully saturated rings. The molecule has 0 heterocycles. The molecule has 1 aliphatic carbocycles. The fourth-order valence-electron chi connectivity index (χ4n) is 1.76. The van der Waals surface area contributed by atoms with Crippen LogP contribution in [0.5, 0.6) is 0 Å². The molecule has 1 saturated carbocycles. The quantitative estimate of drug-likeness (QED) is 0.631. The van der Waals surface area contributed by atoms with Crippen molar-refractivity contribution in [2.24, 2.45) is 5.92 Å². The summed E-state index contributed by atoms with van der Waals surface area (Å²) >= 11 is 0. The Bertz CT molecular complexity index is 275. The molecule has 0 amide bonds. The van der Waals surface area contributed by atoms with Crippen molar-refractivity contribution in [3.8, 4) is 0 Å². The van der Waals surface area contributed by atoms with Crippen LogP contribution in [0, 0.1) is 5.92 Å². The van der Waals surface area contributed by atoms with E-state index in [9.17, 15) is 0 Å². The van der Waals surface area contributed by atoms with Gasteiger partial charge in [-0.3, -0.25) is 0 Å². The zero-order valence-electron chi connectivity index (χ0n) is 11.2. The maximum Gasteiger partial charge on any atom is 0.0298 e. The lowest BCUT2D eigenvalue weighted by Gasteiger charge is -2.27. The van der Waals surface area contributed by atoms with Gasteiger partial charge in [-0.15, -0.1) is 0 Å². The third kappa shape index (κ3) is 6.32. The van der Waals surface area contributed by atoms with E-state index in [1.165, 1.54) is 25.8 Å². The fraction of sp³-hybridized carbons (Fsp3) is 0.600. The number of hydrogen-bond acceptors (Lipinski definition) is 2. The van der Waals surface area contributed by atoms with E-state index >= 15 is 0 Å². The normalized spacial score (nSPS) is 18.5. The van der Waals surface area contributed by atoms with Gasteiger partial charge in [0.1, 0.15) is 0 Å². The summed E-state index contributed by atoms with van der Waals surface area (Å²) in [5.74, 6) is 0.926. The van der Waals surface area contributed by atoms with Gasteiger partial charge in [0, 0.05) is 18.3 Å². The highest BCUT2D eigenvalue weighted by atomic mass is 15.0. The molecule has 0 aromatic carbocycles. The maximum absolute atomic E-state index is 3.96. The van der Waals surface area contributed by atoms with Gasteiger partial charge in [0.25, 0.3) is 0 Å². The molecule has 1 aliphatic rings. The van der Waals surface area contributed by atoms with Crippen molar-refractivity contribution in [2.45, 2.75) is 39.2 Å². The summed E-state index contributed by atoms with van der Waals surface area (Å²) in [6.07, 6.45) is 12.3. The Labute approximate surface area is 106 Å². The summed E-state index contributed by atoms with van der Waals surface area (Å²) in [5, 5.41) is 6.89. The Hall–Kier alpha value is -1.02. The second-order valence-electron chi connectivity index (χ2n) is 4.90. The molecule has 0 aromatic heterocycles. The summed E-state index contributed by atoms with van der Waals surface area (Å²) in [6, 6.07) is 0.502. The first-order valence-electron chi connectivity index (χ1n) is 6.68. The standard InChI is InChI=1S/C15H26N2/c1-4-5-6-8-13(2)16-11-14(3)17-12-15-9-7-10-15/h4-6,8,14-17H,2,7,9-12H2,1,3H3/b5-4-,8-6-. The molecule has 17 heavy (non-hydrogen) atoms. The molecule has 0 spiro atoms. The summed E-state index contributed by atoms with van der Waals surface area (Å²) < 4.78 is 0. The zero-order valence-corrected chi connectivity index (χ0v) is 11.2. The maximum atomic E-state index is 3.96. The van der Waals surface area contributed by atoms with E-state index in [4.69, 9.17) is 0 Å².